The molecule has 0 spiro atoms. The summed E-state index contributed by atoms with van der Waals surface area (Å²) in [6.07, 6.45) is -9.35. The van der Waals surface area contributed by atoms with E-state index in [1.165, 1.54) is 40.6 Å². The van der Waals surface area contributed by atoms with Crippen molar-refractivity contribution in [1.82, 2.24) is 20.1 Å². The van der Waals surface area contributed by atoms with Crippen molar-refractivity contribution in [3.8, 4) is 5.69 Å². The van der Waals surface area contributed by atoms with Crippen LogP contribution in [0.3, 0.4) is 0 Å². The van der Waals surface area contributed by atoms with Gasteiger partial charge in [0.2, 0.25) is 0 Å². The van der Waals surface area contributed by atoms with Crippen molar-refractivity contribution in [1.29, 1.82) is 0 Å². The molecule has 0 aliphatic carbocycles. The van der Waals surface area contributed by atoms with Crippen LogP contribution in [0.4, 0.5) is 26.3 Å². The Bertz CT molecular complexity index is 1440. The predicted octanol–water partition coefficient (Wildman–Crippen LogP) is 7.29. The molecule has 0 radical (unpaired) electrons. The Morgan fingerprint density at radius 1 is 0.895 bits per heavy atom. The van der Waals surface area contributed by atoms with Crippen molar-refractivity contribution < 1.29 is 31.1 Å². The maximum atomic E-state index is 13.4. The van der Waals surface area contributed by atoms with Gasteiger partial charge in [-0.1, -0.05) is 58.0 Å². The molecule has 0 unspecified atom stereocenters. The molecule has 1 amide bonds. The van der Waals surface area contributed by atoms with E-state index >= 15 is 0 Å². The van der Waals surface area contributed by atoms with Gasteiger partial charge in [0.1, 0.15) is 0 Å². The van der Waals surface area contributed by atoms with Crippen LogP contribution in [0.2, 0.25) is 0 Å². The van der Waals surface area contributed by atoms with Gasteiger partial charge in [-0.05, 0) is 48.0 Å². The van der Waals surface area contributed by atoms with Crippen molar-refractivity contribution in [3.63, 3.8) is 0 Å². The quantitative estimate of drug-likeness (QED) is 0.175. The van der Waals surface area contributed by atoms with Crippen LogP contribution in [0.5, 0.6) is 0 Å². The number of rotatable bonds is 7. The normalized spacial score (nSPS) is 12.0. The van der Waals surface area contributed by atoms with E-state index in [0.29, 0.717) is 5.75 Å². The number of hydrogen-bond acceptors (Lipinski definition) is 4. The highest BCUT2D eigenvalue weighted by molar-refractivity contribution is 9.10. The molecule has 38 heavy (non-hydrogen) atoms. The summed E-state index contributed by atoms with van der Waals surface area (Å²) < 4.78 is 82.4. The zero-order chi connectivity index (χ0) is 27.5. The number of hydrogen-bond donors (Lipinski definition) is 1. The number of carbonyl (C=O) groups is 1. The van der Waals surface area contributed by atoms with Gasteiger partial charge in [-0.15, -0.1) is 10.2 Å². The molecular formula is C25H17BrF6N4OS. The summed E-state index contributed by atoms with van der Waals surface area (Å²) in [6, 6.07) is 16.2. The third-order valence-electron chi connectivity index (χ3n) is 5.30. The molecule has 198 valence electrons. The Morgan fingerprint density at radius 2 is 1.61 bits per heavy atom. The van der Waals surface area contributed by atoms with Crippen molar-refractivity contribution in [2.75, 3.05) is 0 Å². The lowest BCUT2D eigenvalue weighted by atomic mass is 10.1. The van der Waals surface area contributed by atoms with Gasteiger partial charge in [-0.2, -0.15) is 26.3 Å². The fourth-order valence-electron chi connectivity index (χ4n) is 3.50. The molecule has 4 rings (SSSR count). The lowest BCUT2D eigenvalue weighted by Gasteiger charge is -2.15. The number of aromatic nitrogens is 3. The summed E-state index contributed by atoms with van der Waals surface area (Å²) in [6.45, 7) is -0.382. The van der Waals surface area contributed by atoms with E-state index in [1.54, 1.807) is 0 Å². The molecule has 0 bridgehead atoms. The molecule has 13 heteroatoms. The minimum Gasteiger partial charge on any atom is -0.345 e. The highest BCUT2D eigenvalue weighted by Gasteiger charge is 2.35. The van der Waals surface area contributed by atoms with Crippen LogP contribution in [0, 0.1) is 0 Å². The number of nitrogens with one attached hydrogen (secondary N) is 1. The molecule has 0 saturated heterocycles. The fraction of sp³-hybridized carbons (Fsp3) is 0.160. The largest absolute Gasteiger partial charge is 0.417 e. The molecule has 0 atom stereocenters. The topological polar surface area (TPSA) is 59.8 Å². The fourth-order valence-corrected chi connectivity index (χ4v) is 4.69. The number of nitrogens with zero attached hydrogens (tertiary/aromatic N) is 3. The molecule has 5 nitrogen and oxygen atoms in total. The van der Waals surface area contributed by atoms with Crippen LogP contribution in [0.15, 0.2) is 82.4 Å². The number of benzene rings is 3. The van der Waals surface area contributed by atoms with Crippen LogP contribution < -0.4 is 5.32 Å². The summed E-state index contributed by atoms with van der Waals surface area (Å²) >= 11 is 4.55. The van der Waals surface area contributed by atoms with Gasteiger partial charge in [-0.25, -0.2) is 0 Å². The van der Waals surface area contributed by atoms with Gasteiger partial charge in [0.25, 0.3) is 5.91 Å². The molecule has 3 aromatic carbocycles. The van der Waals surface area contributed by atoms with E-state index in [4.69, 9.17) is 0 Å². The Hall–Kier alpha value is -3.32. The standard InChI is InChI=1S/C25H17BrF6N4OS/c26-17-10-8-15(9-11-17)14-38-23-35-34-21(36(23)18-5-3-4-16(12-18)24(27,28)29)13-33-22(37)19-6-1-2-7-20(19)25(30,31)32/h1-12H,13-14H2,(H,33,37). The van der Waals surface area contributed by atoms with Gasteiger partial charge in [0.05, 0.1) is 28.9 Å². The summed E-state index contributed by atoms with van der Waals surface area (Å²) in [5.41, 5.74) is -1.60. The molecule has 1 heterocycles. The lowest BCUT2D eigenvalue weighted by molar-refractivity contribution is -0.138. The molecule has 0 fully saturated rings. The Labute approximate surface area is 225 Å². The number of carbonyl (C=O) groups excluding carboxylic acids is 1. The Balaban J connectivity index is 1.65. The van der Waals surface area contributed by atoms with Crippen LogP contribution in [-0.4, -0.2) is 20.7 Å². The van der Waals surface area contributed by atoms with Gasteiger partial charge >= 0.3 is 12.4 Å². The number of alkyl halides is 6. The second kappa shape index (κ2) is 11.2. The maximum Gasteiger partial charge on any atom is 0.417 e. The molecule has 1 aromatic heterocycles. The van der Waals surface area contributed by atoms with Gasteiger partial charge < -0.3 is 5.32 Å². The first-order valence-electron chi connectivity index (χ1n) is 10.9. The molecular weight excluding hydrogens is 598 g/mol. The van der Waals surface area contributed by atoms with E-state index in [2.05, 4.69) is 31.4 Å². The van der Waals surface area contributed by atoms with Crippen LogP contribution in [0.25, 0.3) is 5.69 Å². The molecule has 0 saturated carbocycles. The first kappa shape index (κ1) is 27.7. The molecule has 4 aromatic rings. The minimum atomic E-state index is -4.75. The second-order valence-corrected chi connectivity index (χ2v) is 9.78. The predicted molar refractivity (Wildman–Crippen MR) is 133 cm³/mol. The number of thioether (sulfide) groups is 1. The molecule has 0 aliphatic rings. The number of amides is 1. The summed E-state index contributed by atoms with van der Waals surface area (Å²) in [4.78, 5) is 12.6. The molecule has 1 N–H and O–H groups in total. The Morgan fingerprint density at radius 3 is 2.29 bits per heavy atom. The average Bonchev–Trinajstić information content (AvgIpc) is 3.29. The highest BCUT2D eigenvalue weighted by Crippen LogP contribution is 2.33. The van der Waals surface area contributed by atoms with E-state index in [9.17, 15) is 31.1 Å². The monoisotopic (exact) mass is 614 g/mol. The Kier molecular flexibility index (Phi) is 8.16. The highest BCUT2D eigenvalue weighted by atomic mass is 79.9. The van der Waals surface area contributed by atoms with Crippen molar-refractivity contribution in [2.24, 2.45) is 0 Å². The summed E-state index contributed by atoms with van der Waals surface area (Å²) in [7, 11) is 0. The lowest BCUT2D eigenvalue weighted by Crippen LogP contribution is -2.27. The van der Waals surface area contributed by atoms with E-state index in [-0.39, 0.29) is 23.2 Å². The molecule has 0 aliphatic heterocycles. The number of halogens is 7. The SMILES string of the molecule is O=C(NCc1nnc(SCc2ccc(Br)cc2)n1-c1cccc(C(F)(F)F)c1)c1ccccc1C(F)(F)F. The first-order chi connectivity index (χ1) is 17.9. The van der Waals surface area contributed by atoms with Gasteiger partial charge in [0, 0.05) is 10.2 Å². The third kappa shape index (κ3) is 6.57. The zero-order valence-electron chi connectivity index (χ0n) is 19.1. The summed E-state index contributed by atoms with van der Waals surface area (Å²) in [5.74, 6) is -0.559. The zero-order valence-corrected chi connectivity index (χ0v) is 21.5. The van der Waals surface area contributed by atoms with Crippen molar-refractivity contribution in [2.45, 2.75) is 29.8 Å². The average molecular weight is 615 g/mol. The second-order valence-electron chi connectivity index (χ2n) is 7.92. The first-order valence-corrected chi connectivity index (χ1v) is 12.6. The smallest absolute Gasteiger partial charge is 0.345 e. The minimum absolute atomic E-state index is 0.0421. The van der Waals surface area contributed by atoms with Crippen LogP contribution >= 0.6 is 27.7 Å². The van der Waals surface area contributed by atoms with Gasteiger partial charge in [0.15, 0.2) is 11.0 Å². The van der Waals surface area contributed by atoms with E-state index in [0.717, 1.165) is 34.3 Å². The summed E-state index contributed by atoms with van der Waals surface area (Å²) in [5, 5.41) is 10.7. The van der Waals surface area contributed by atoms with Crippen LogP contribution in [0.1, 0.15) is 32.9 Å². The van der Waals surface area contributed by atoms with Crippen molar-refractivity contribution >= 4 is 33.6 Å². The van der Waals surface area contributed by atoms with E-state index < -0.39 is 35.0 Å². The van der Waals surface area contributed by atoms with Gasteiger partial charge in [-0.3, -0.25) is 9.36 Å². The maximum absolute atomic E-state index is 13.4. The van der Waals surface area contributed by atoms with E-state index in [1.807, 2.05) is 24.3 Å². The third-order valence-corrected chi connectivity index (χ3v) is 6.83. The van der Waals surface area contributed by atoms with Crippen LogP contribution in [-0.2, 0) is 24.7 Å². The van der Waals surface area contributed by atoms with Crippen molar-refractivity contribution in [3.05, 3.63) is 105 Å².